The molecule has 1 nitrogen and oxygen atoms in total. The van der Waals surface area contributed by atoms with E-state index in [9.17, 15) is 4.79 Å². The van der Waals surface area contributed by atoms with Gasteiger partial charge in [-0.3, -0.25) is 4.79 Å². The van der Waals surface area contributed by atoms with Crippen LogP contribution in [0.3, 0.4) is 0 Å². The summed E-state index contributed by atoms with van der Waals surface area (Å²) >= 11 is 0. The Morgan fingerprint density at radius 3 is 2.54 bits per heavy atom. The molecule has 0 saturated heterocycles. The van der Waals surface area contributed by atoms with Gasteiger partial charge in [0.25, 0.3) is 0 Å². The molecule has 0 spiro atoms. The van der Waals surface area contributed by atoms with Gasteiger partial charge in [-0.15, -0.1) is 6.07 Å². The summed E-state index contributed by atoms with van der Waals surface area (Å²) < 4.78 is 0. The van der Waals surface area contributed by atoms with E-state index in [-0.39, 0.29) is 38.5 Å². The Hall–Kier alpha value is -0.266. The van der Waals surface area contributed by atoms with Crippen LogP contribution < -0.4 is 0 Å². The van der Waals surface area contributed by atoms with Crippen molar-refractivity contribution < 1.29 is 37.5 Å². The first-order valence-electron chi connectivity index (χ1n) is 3.80. The maximum absolute atomic E-state index is 11.0. The number of carbonyl (C=O) groups is 1. The van der Waals surface area contributed by atoms with E-state index < -0.39 is 0 Å². The van der Waals surface area contributed by atoms with Crippen molar-refractivity contribution >= 4 is 5.78 Å². The number of aryl methyl sites for hydroxylation is 1. The quantitative estimate of drug-likeness (QED) is 0.580. The van der Waals surface area contributed by atoms with Crippen LogP contribution in [-0.4, -0.2) is 5.78 Å². The molecule has 13 heavy (non-hydrogen) atoms. The summed E-state index contributed by atoms with van der Waals surface area (Å²) in [5.74, 6) is 0.0755. The predicted molar refractivity (Wildman–Crippen MR) is 49.2 cm³/mol. The van der Waals surface area contributed by atoms with E-state index in [2.05, 4.69) is 12.7 Å². The van der Waals surface area contributed by atoms with Gasteiger partial charge < -0.3 is 0 Å². The summed E-state index contributed by atoms with van der Waals surface area (Å²) in [4.78, 5) is 11.0. The smallest absolute Gasteiger partial charge is 0.296 e. The zero-order valence-corrected chi connectivity index (χ0v) is 10.8. The first-order chi connectivity index (χ1) is 5.65. The van der Waals surface area contributed by atoms with Crippen LogP contribution in [0.4, 0.5) is 0 Å². The largest absolute Gasteiger partial charge is 3.00 e. The van der Waals surface area contributed by atoms with E-state index in [0.29, 0.717) is 5.56 Å². The average Bonchev–Trinajstić information content (AvgIpc) is 2.05. The zero-order chi connectivity index (χ0) is 9.14. The van der Waals surface area contributed by atoms with Gasteiger partial charge in [-0.2, -0.15) is 29.8 Å². The molecule has 0 atom stereocenters. The third-order valence-electron chi connectivity index (χ3n) is 1.83. The Kier molecular flexibility index (Phi) is 5.35. The van der Waals surface area contributed by atoms with Gasteiger partial charge >= 0.3 is 32.7 Å². The summed E-state index contributed by atoms with van der Waals surface area (Å²) in [7, 11) is 0. The molecule has 1 aromatic rings. The fourth-order valence-corrected chi connectivity index (χ4v) is 1.03. The molecule has 0 aliphatic rings. The zero-order valence-electron chi connectivity index (χ0n) is 7.92. The van der Waals surface area contributed by atoms with Crippen molar-refractivity contribution in [2.24, 2.45) is 0 Å². The summed E-state index contributed by atoms with van der Waals surface area (Å²) in [6.07, 6.45) is 2.79. The normalized spacial score (nSPS) is 8.77. The molecule has 0 fully saturated rings. The van der Waals surface area contributed by atoms with Gasteiger partial charge in [0, 0.05) is 0 Å². The van der Waals surface area contributed by atoms with Crippen molar-refractivity contribution in [3.63, 3.8) is 0 Å². The van der Waals surface area contributed by atoms with E-state index in [1.54, 1.807) is 6.92 Å². The molecule has 0 unspecified atom stereocenters. The molecular formula is C11H11OY+2. The van der Waals surface area contributed by atoms with Gasteiger partial charge in [0.2, 0.25) is 0 Å². The minimum Gasteiger partial charge on any atom is -0.296 e. The Morgan fingerprint density at radius 2 is 2.08 bits per heavy atom. The van der Waals surface area contributed by atoms with E-state index in [0.717, 1.165) is 11.1 Å². The monoisotopic (exact) mass is 248 g/mol. The van der Waals surface area contributed by atoms with Crippen LogP contribution in [0.2, 0.25) is 0 Å². The second kappa shape index (κ2) is 5.46. The number of hydrogen-bond acceptors (Lipinski definition) is 1. The summed E-state index contributed by atoms with van der Waals surface area (Å²) in [6, 6.07) is 5.54. The van der Waals surface area contributed by atoms with Gasteiger partial charge in [-0.25, -0.2) is 0 Å². The van der Waals surface area contributed by atoms with E-state index in [4.69, 9.17) is 0 Å². The Morgan fingerprint density at radius 1 is 1.46 bits per heavy atom. The topological polar surface area (TPSA) is 17.1 Å². The maximum Gasteiger partial charge on any atom is 3.00 e. The van der Waals surface area contributed by atoms with E-state index in [1.165, 1.54) is 0 Å². The second-order valence-corrected chi connectivity index (χ2v) is 2.76. The van der Waals surface area contributed by atoms with Crippen molar-refractivity contribution in [3.8, 4) is 0 Å². The van der Waals surface area contributed by atoms with E-state index in [1.807, 2.05) is 25.1 Å². The third kappa shape index (κ3) is 3.17. The minimum absolute atomic E-state index is 0. The Bertz CT molecular complexity index is 329. The summed E-state index contributed by atoms with van der Waals surface area (Å²) in [5, 5.41) is 0. The number of hydrogen-bond donors (Lipinski definition) is 0. The van der Waals surface area contributed by atoms with Gasteiger partial charge in [0.05, 0.1) is 0 Å². The molecule has 0 aromatic heterocycles. The van der Waals surface area contributed by atoms with Gasteiger partial charge in [0.15, 0.2) is 0 Å². The molecule has 0 saturated carbocycles. The van der Waals surface area contributed by atoms with Crippen LogP contribution in [-0.2, 0) is 32.7 Å². The first kappa shape index (κ1) is 12.7. The van der Waals surface area contributed by atoms with Crippen LogP contribution in [0.1, 0.15) is 28.4 Å². The van der Waals surface area contributed by atoms with Crippen LogP contribution in [0.15, 0.2) is 24.8 Å². The molecule has 0 amide bonds. The molecule has 1 rings (SSSR count). The number of Topliss-reactive ketones (excluding diaryl/α,β-unsaturated/α-hetero) is 1. The third-order valence-corrected chi connectivity index (χ3v) is 1.83. The first-order valence-corrected chi connectivity index (χ1v) is 3.80. The Labute approximate surface area is 104 Å². The van der Waals surface area contributed by atoms with Crippen LogP contribution in [0.25, 0.3) is 0 Å². The van der Waals surface area contributed by atoms with Crippen LogP contribution in [0.5, 0.6) is 0 Å². The molecule has 0 radical (unpaired) electrons. The van der Waals surface area contributed by atoms with Gasteiger partial charge in [-0.1, -0.05) is 13.0 Å². The predicted octanol–water partition coefficient (Wildman–Crippen LogP) is 2.53. The number of benzene rings is 1. The molecule has 0 aliphatic carbocycles. The summed E-state index contributed by atoms with van der Waals surface area (Å²) in [6.45, 7) is 7.08. The molecule has 0 N–H and O–H groups in total. The van der Waals surface area contributed by atoms with Crippen molar-refractivity contribution in [3.05, 3.63) is 47.5 Å². The van der Waals surface area contributed by atoms with Crippen molar-refractivity contribution in [1.82, 2.24) is 0 Å². The summed E-state index contributed by atoms with van der Waals surface area (Å²) in [5.41, 5.74) is 2.71. The van der Waals surface area contributed by atoms with Gasteiger partial charge in [0.1, 0.15) is 5.78 Å². The Balaban J connectivity index is 0.00000144. The minimum atomic E-state index is 0. The van der Waals surface area contributed by atoms with E-state index >= 15 is 0 Å². The number of ketones is 1. The average molecular weight is 248 g/mol. The van der Waals surface area contributed by atoms with Crippen LogP contribution >= 0.6 is 0 Å². The van der Waals surface area contributed by atoms with Crippen molar-refractivity contribution in [1.29, 1.82) is 0 Å². The molecule has 0 heterocycles. The number of rotatable bonds is 2. The number of carbonyl (C=O) groups excluding carboxylic acids is 1. The molecule has 2 heteroatoms. The fraction of sp³-hybridized carbons (Fsp3) is 0.182. The second-order valence-electron chi connectivity index (χ2n) is 2.76. The molecular weight excluding hydrogens is 237 g/mol. The molecule has 0 bridgehead atoms. The van der Waals surface area contributed by atoms with Crippen molar-refractivity contribution in [2.75, 3.05) is 0 Å². The van der Waals surface area contributed by atoms with Crippen LogP contribution in [0, 0.1) is 13.0 Å². The van der Waals surface area contributed by atoms with Gasteiger partial charge in [-0.05, 0) is 12.5 Å². The standard InChI is InChI=1S/C11H11O.Y/c1-4-10-7-11(9(3)12)6-5-8(10)2;/h5-7H,1H2,2-3H3;/q-1;+3. The SMILES string of the molecule is C=[C-]c1cc(C(C)=O)ccc1C.[Y+3]. The molecule has 0 aliphatic heterocycles. The fourth-order valence-electron chi connectivity index (χ4n) is 1.03. The maximum atomic E-state index is 11.0. The molecule has 1 aromatic carbocycles. The van der Waals surface area contributed by atoms with Crippen molar-refractivity contribution in [2.45, 2.75) is 13.8 Å². The molecule has 62 valence electrons.